The Kier molecular flexibility index (Phi) is 9.03. The van der Waals surface area contributed by atoms with Gasteiger partial charge >= 0.3 is 0 Å². The third-order valence-corrected chi connectivity index (χ3v) is 4.18. The van der Waals surface area contributed by atoms with Crippen LogP contribution in [0.25, 0.3) is 0 Å². The summed E-state index contributed by atoms with van der Waals surface area (Å²) in [5, 5.41) is 15.0. The predicted molar refractivity (Wildman–Crippen MR) is 113 cm³/mol. The minimum atomic E-state index is 0. The number of guanidine groups is 1. The zero-order chi connectivity index (χ0) is 18.4. The molecule has 0 bridgehead atoms. The van der Waals surface area contributed by atoms with Crippen LogP contribution in [0.5, 0.6) is 0 Å². The molecule has 0 radical (unpaired) electrons. The Bertz CT molecular complexity index is 721. The van der Waals surface area contributed by atoms with Crippen molar-refractivity contribution < 1.29 is 4.52 Å². The van der Waals surface area contributed by atoms with Gasteiger partial charge in [0.25, 0.3) is 0 Å². The number of nitrogens with zero attached hydrogens (tertiary/aromatic N) is 5. The van der Waals surface area contributed by atoms with E-state index in [0.29, 0.717) is 12.4 Å². The zero-order valence-corrected chi connectivity index (χ0v) is 18.8. The maximum Gasteiger partial charge on any atom is 0.226 e. The minimum Gasteiger partial charge on any atom is -0.356 e. The molecule has 0 aliphatic rings. The molecule has 0 aliphatic carbocycles. The van der Waals surface area contributed by atoms with E-state index in [4.69, 9.17) is 4.52 Å². The molecule has 146 valence electrons. The summed E-state index contributed by atoms with van der Waals surface area (Å²) in [6.45, 7) is 9.69. The van der Waals surface area contributed by atoms with E-state index in [-0.39, 0.29) is 29.9 Å². The van der Waals surface area contributed by atoms with Gasteiger partial charge in [-0.25, -0.2) is 0 Å². The number of rotatable bonds is 7. The smallest absolute Gasteiger partial charge is 0.226 e. The Labute approximate surface area is 172 Å². The molecular formula is C17H30IN7O. The van der Waals surface area contributed by atoms with Crippen molar-refractivity contribution in [3.63, 3.8) is 0 Å². The normalized spacial score (nSPS) is 11.6. The average Bonchev–Trinajstić information content (AvgIpc) is 3.14. The molecule has 2 rings (SSSR count). The van der Waals surface area contributed by atoms with Crippen LogP contribution in [0.1, 0.15) is 54.9 Å². The summed E-state index contributed by atoms with van der Waals surface area (Å²) in [5.74, 6) is 2.52. The molecule has 26 heavy (non-hydrogen) atoms. The lowest BCUT2D eigenvalue weighted by molar-refractivity contribution is 0.368. The molecule has 0 fully saturated rings. The van der Waals surface area contributed by atoms with Gasteiger partial charge in [-0.2, -0.15) is 10.1 Å². The van der Waals surface area contributed by atoms with Crippen LogP contribution >= 0.6 is 24.0 Å². The van der Waals surface area contributed by atoms with Gasteiger partial charge in [0.2, 0.25) is 5.89 Å². The lowest BCUT2D eigenvalue weighted by Gasteiger charge is -2.11. The number of aromatic nitrogens is 4. The largest absolute Gasteiger partial charge is 0.356 e. The molecule has 0 unspecified atom stereocenters. The highest BCUT2D eigenvalue weighted by Gasteiger charge is 2.11. The quantitative estimate of drug-likeness (QED) is 0.277. The van der Waals surface area contributed by atoms with Crippen molar-refractivity contribution >= 4 is 29.9 Å². The lowest BCUT2D eigenvalue weighted by atomic mass is 10.2. The molecule has 0 aliphatic heterocycles. The number of aliphatic imine (C=N–C) groups is 1. The molecular weight excluding hydrogens is 445 g/mol. The van der Waals surface area contributed by atoms with Gasteiger partial charge in [0.05, 0.1) is 5.69 Å². The molecule has 2 aromatic heterocycles. The number of hydrogen-bond acceptors (Lipinski definition) is 5. The monoisotopic (exact) mass is 475 g/mol. The van der Waals surface area contributed by atoms with Crippen molar-refractivity contribution in [1.29, 1.82) is 0 Å². The van der Waals surface area contributed by atoms with Gasteiger partial charge in [0, 0.05) is 50.8 Å². The van der Waals surface area contributed by atoms with Crippen molar-refractivity contribution in [2.24, 2.45) is 12.0 Å². The molecule has 2 N–H and O–H groups in total. The van der Waals surface area contributed by atoms with Crippen molar-refractivity contribution in [2.45, 2.75) is 53.0 Å². The highest BCUT2D eigenvalue weighted by molar-refractivity contribution is 14.0. The maximum atomic E-state index is 5.25. The predicted octanol–water partition coefficient (Wildman–Crippen LogP) is 2.46. The Morgan fingerprint density at radius 3 is 2.54 bits per heavy atom. The summed E-state index contributed by atoms with van der Waals surface area (Å²) in [6, 6.07) is 0. The molecule has 0 saturated carbocycles. The van der Waals surface area contributed by atoms with E-state index >= 15 is 0 Å². The first-order valence-corrected chi connectivity index (χ1v) is 8.68. The van der Waals surface area contributed by atoms with E-state index in [2.05, 4.69) is 51.6 Å². The SMILES string of the molecule is CN=C(NCCCc1nc(C(C)C)no1)NCc1c(C)nn(C)c1C.I. The second kappa shape index (κ2) is 10.5. The van der Waals surface area contributed by atoms with Gasteiger partial charge in [0.15, 0.2) is 11.8 Å². The third kappa shape index (κ3) is 5.96. The van der Waals surface area contributed by atoms with E-state index in [1.165, 1.54) is 5.56 Å². The fourth-order valence-electron chi connectivity index (χ4n) is 2.52. The number of aryl methyl sites for hydroxylation is 3. The number of nitrogens with one attached hydrogen (secondary N) is 2. The van der Waals surface area contributed by atoms with Crippen LogP contribution in [0.2, 0.25) is 0 Å². The van der Waals surface area contributed by atoms with E-state index in [0.717, 1.165) is 42.6 Å². The second-order valence-electron chi connectivity index (χ2n) is 6.43. The Morgan fingerprint density at radius 2 is 2.00 bits per heavy atom. The molecule has 2 aromatic rings. The summed E-state index contributed by atoms with van der Waals surface area (Å²) in [7, 11) is 3.73. The topological polar surface area (TPSA) is 93.2 Å². The van der Waals surface area contributed by atoms with E-state index < -0.39 is 0 Å². The molecule has 9 heteroatoms. The van der Waals surface area contributed by atoms with Gasteiger partial charge < -0.3 is 15.2 Å². The van der Waals surface area contributed by atoms with Gasteiger partial charge in [-0.1, -0.05) is 19.0 Å². The molecule has 8 nitrogen and oxygen atoms in total. The Balaban J connectivity index is 0.00000338. The first-order chi connectivity index (χ1) is 11.9. The first kappa shape index (κ1) is 22.4. The van der Waals surface area contributed by atoms with Gasteiger partial charge in [-0.3, -0.25) is 9.67 Å². The molecule has 0 saturated heterocycles. The fraction of sp³-hybridized carbons (Fsp3) is 0.647. The standard InChI is InChI=1S/C17H29N7O.HI/c1-11(2)16-21-15(25-23-16)8-7-9-19-17(18-5)20-10-14-12(3)22-24(6)13(14)4;/h11H,7-10H2,1-6H3,(H2,18,19,20);1H. The van der Waals surface area contributed by atoms with Crippen LogP contribution in [0.4, 0.5) is 0 Å². The van der Waals surface area contributed by atoms with Crippen LogP contribution in [0.3, 0.4) is 0 Å². The Hall–Kier alpha value is -1.65. The summed E-state index contributed by atoms with van der Waals surface area (Å²) in [6.07, 6.45) is 1.65. The van der Waals surface area contributed by atoms with Crippen LogP contribution in [0, 0.1) is 13.8 Å². The molecule has 0 aromatic carbocycles. The zero-order valence-electron chi connectivity index (χ0n) is 16.5. The van der Waals surface area contributed by atoms with Crippen molar-refractivity contribution in [1.82, 2.24) is 30.6 Å². The summed E-state index contributed by atoms with van der Waals surface area (Å²) in [4.78, 5) is 8.64. The van der Waals surface area contributed by atoms with Crippen LogP contribution in [0.15, 0.2) is 9.52 Å². The van der Waals surface area contributed by atoms with Gasteiger partial charge in [0.1, 0.15) is 0 Å². The number of halogens is 1. The second-order valence-corrected chi connectivity index (χ2v) is 6.43. The van der Waals surface area contributed by atoms with Crippen molar-refractivity contribution in [3.05, 3.63) is 28.7 Å². The highest BCUT2D eigenvalue weighted by Crippen LogP contribution is 2.11. The van der Waals surface area contributed by atoms with Gasteiger partial charge in [-0.05, 0) is 20.3 Å². The first-order valence-electron chi connectivity index (χ1n) is 8.68. The summed E-state index contributed by atoms with van der Waals surface area (Å²) >= 11 is 0. The maximum absolute atomic E-state index is 5.25. The highest BCUT2D eigenvalue weighted by atomic mass is 127. The van der Waals surface area contributed by atoms with Crippen molar-refractivity contribution in [3.8, 4) is 0 Å². The lowest BCUT2D eigenvalue weighted by Crippen LogP contribution is -2.37. The molecule has 0 spiro atoms. The molecule has 0 amide bonds. The van der Waals surface area contributed by atoms with Crippen molar-refractivity contribution in [2.75, 3.05) is 13.6 Å². The summed E-state index contributed by atoms with van der Waals surface area (Å²) in [5.41, 5.74) is 3.41. The summed E-state index contributed by atoms with van der Waals surface area (Å²) < 4.78 is 7.15. The molecule has 2 heterocycles. The van der Waals surface area contributed by atoms with Crippen LogP contribution in [-0.2, 0) is 20.0 Å². The van der Waals surface area contributed by atoms with Gasteiger partial charge in [-0.15, -0.1) is 24.0 Å². The van der Waals surface area contributed by atoms with E-state index in [1.807, 2.05) is 18.7 Å². The number of hydrogen-bond donors (Lipinski definition) is 2. The average molecular weight is 475 g/mol. The minimum absolute atomic E-state index is 0. The van der Waals surface area contributed by atoms with Crippen LogP contribution in [-0.4, -0.2) is 39.5 Å². The van der Waals surface area contributed by atoms with E-state index in [1.54, 1.807) is 7.05 Å². The Morgan fingerprint density at radius 1 is 1.27 bits per heavy atom. The fourth-order valence-corrected chi connectivity index (χ4v) is 2.52. The van der Waals surface area contributed by atoms with Crippen LogP contribution < -0.4 is 10.6 Å². The van der Waals surface area contributed by atoms with E-state index in [9.17, 15) is 0 Å². The third-order valence-electron chi connectivity index (χ3n) is 4.18. The molecule has 0 atom stereocenters.